The second kappa shape index (κ2) is 7.71. The predicted octanol–water partition coefficient (Wildman–Crippen LogP) is 0.640. The van der Waals surface area contributed by atoms with Gasteiger partial charge >= 0.3 is 5.97 Å². The Kier molecular flexibility index (Phi) is 6.60. The lowest BCUT2D eigenvalue weighted by molar-refractivity contribution is -0.154. The van der Waals surface area contributed by atoms with Crippen molar-refractivity contribution in [2.24, 2.45) is 0 Å². The summed E-state index contributed by atoms with van der Waals surface area (Å²) in [6.45, 7) is 9.20. The number of carbonyl (C=O) groups is 1. The minimum atomic E-state index is -0.639. The fourth-order valence-corrected chi connectivity index (χ4v) is 2.36. The van der Waals surface area contributed by atoms with E-state index in [0.29, 0.717) is 6.61 Å². The molecule has 0 spiro atoms. The van der Waals surface area contributed by atoms with Crippen LogP contribution in [0.15, 0.2) is 0 Å². The monoisotopic (exact) mass is 258 g/mol. The quantitative estimate of drug-likeness (QED) is 0.679. The maximum Gasteiger partial charge on any atom is 0.328 e. The second-order valence-electron chi connectivity index (χ2n) is 4.68. The van der Waals surface area contributed by atoms with Crippen molar-refractivity contribution in [1.82, 2.24) is 10.2 Å². The third-order valence-corrected chi connectivity index (χ3v) is 3.60. The van der Waals surface area contributed by atoms with Gasteiger partial charge < -0.3 is 14.4 Å². The summed E-state index contributed by atoms with van der Waals surface area (Å²) in [6, 6.07) is 0. The Morgan fingerprint density at radius 2 is 2.17 bits per heavy atom. The van der Waals surface area contributed by atoms with Gasteiger partial charge in [0.05, 0.1) is 13.7 Å². The van der Waals surface area contributed by atoms with Crippen LogP contribution in [0.25, 0.3) is 0 Å². The lowest BCUT2D eigenvalue weighted by Crippen LogP contribution is -2.59. The number of hydrogen-bond acceptors (Lipinski definition) is 5. The molecule has 5 nitrogen and oxygen atoms in total. The van der Waals surface area contributed by atoms with Gasteiger partial charge in [-0.3, -0.25) is 5.32 Å². The molecule has 0 amide bonds. The molecule has 1 rings (SSSR count). The first kappa shape index (κ1) is 15.4. The molecular formula is C13H26N2O3. The Balaban J connectivity index is 2.49. The minimum absolute atomic E-state index is 0.207. The molecule has 0 aromatic carbocycles. The van der Waals surface area contributed by atoms with Gasteiger partial charge in [-0.15, -0.1) is 0 Å². The molecule has 0 aliphatic carbocycles. The lowest BCUT2D eigenvalue weighted by atomic mass is 9.92. The Morgan fingerprint density at radius 1 is 1.44 bits per heavy atom. The van der Waals surface area contributed by atoms with Crippen LogP contribution < -0.4 is 5.32 Å². The molecule has 1 unspecified atom stereocenters. The van der Waals surface area contributed by atoms with Gasteiger partial charge in [0.1, 0.15) is 5.54 Å². The topological polar surface area (TPSA) is 50.8 Å². The van der Waals surface area contributed by atoms with E-state index in [1.165, 1.54) is 7.11 Å². The number of nitrogens with zero attached hydrogens (tertiary/aromatic N) is 1. The van der Waals surface area contributed by atoms with Crippen LogP contribution in [0, 0.1) is 0 Å². The maximum absolute atomic E-state index is 11.9. The molecule has 0 radical (unpaired) electrons. The molecule has 1 aliphatic heterocycles. The molecule has 1 atom stereocenters. The van der Waals surface area contributed by atoms with Gasteiger partial charge in [0.15, 0.2) is 0 Å². The van der Waals surface area contributed by atoms with E-state index in [4.69, 9.17) is 9.47 Å². The predicted molar refractivity (Wildman–Crippen MR) is 70.6 cm³/mol. The van der Waals surface area contributed by atoms with E-state index in [1.54, 1.807) is 0 Å². The second-order valence-corrected chi connectivity index (χ2v) is 4.68. The summed E-state index contributed by atoms with van der Waals surface area (Å²) in [5.74, 6) is -0.207. The number of ether oxygens (including phenoxy) is 2. The van der Waals surface area contributed by atoms with Gasteiger partial charge in [0.2, 0.25) is 0 Å². The molecule has 0 bridgehead atoms. The first-order valence-electron chi connectivity index (χ1n) is 6.82. The van der Waals surface area contributed by atoms with Crippen molar-refractivity contribution in [2.75, 3.05) is 46.5 Å². The average Bonchev–Trinajstić information content (AvgIpc) is 2.43. The lowest BCUT2D eigenvalue weighted by Gasteiger charge is -2.35. The molecule has 106 valence electrons. The zero-order valence-corrected chi connectivity index (χ0v) is 11.8. The highest BCUT2D eigenvalue weighted by Crippen LogP contribution is 2.20. The molecule has 1 saturated heterocycles. The number of nitrogens with one attached hydrogen (secondary N) is 1. The number of carbonyl (C=O) groups excluding carboxylic acids is 1. The Morgan fingerprint density at radius 3 is 2.67 bits per heavy atom. The van der Waals surface area contributed by atoms with Crippen molar-refractivity contribution in [3.8, 4) is 0 Å². The molecule has 18 heavy (non-hydrogen) atoms. The van der Waals surface area contributed by atoms with Crippen molar-refractivity contribution in [2.45, 2.75) is 32.2 Å². The number of rotatable bonds is 7. The summed E-state index contributed by atoms with van der Waals surface area (Å²) in [5, 5.41) is 3.34. The van der Waals surface area contributed by atoms with Crippen LogP contribution in [0.2, 0.25) is 0 Å². The highest BCUT2D eigenvalue weighted by atomic mass is 16.5. The molecule has 1 aliphatic rings. The van der Waals surface area contributed by atoms with E-state index in [-0.39, 0.29) is 5.97 Å². The van der Waals surface area contributed by atoms with E-state index >= 15 is 0 Å². The minimum Gasteiger partial charge on any atom is -0.468 e. The van der Waals surface area contributed by atoms with E-state index in [0.717, 1.165) is 45.6 Å². The Hall–Kier alpha value is -0.650. The van der Waals surface area contributed by atoms with Gasteiger partial charge in [0, 0.05) is 19.7 Å². The smallest absolute Gasteiger partial charge is 0.328 e. The van der Waals surface area contributed by atoms with Crippen LogP contribution in [0.4, 0.5) is 0 Å². The van der Waals surface area contributed by atoms with Crippen LogP contribution >= 0.6 is 0 Å². The van der Waals surface area contributed by atoms with E-state index in [1.807, 2.05) is 0 Å². The molecule has 1 N–H and O–H groups in total. The zero-order valence-electron chi connectivity index (χ0n) is 11.8. The number of methoxy groups -OCH3 is 1. The molecule has 0 saturated carbocycles. The van der Waals surface area contributed by atoms with Gasteiger partial charge in [0.25, 0.3) is 0 Å². The average molecular weight is 258 g/mol. The van der Waals surface area contributed by atoms with Crippen LogP contribution in [0.1, 0.15) is 26.7 Å². The third-order valence-electron chi connectivity index (χ3n) is 3.60. The molecule has 5 heteroatoms. The van der Waals surface area contributed by atoms with Crippen LogP contribution in [-0.4, -0.2) is 62.9 Å². The third kappa shape index (κ3) is 3.93. The van der Waals surface area contributed by atoms with Crippen LogP contribution in [-0.2, 0) is 14.3 Å². The Labute approximate surface area is 110 Å². The number of likely N-dealkylation sites (N-methyl/N-ethyl adjacent to an activating group) is 1. The van der Waals surface area contributed by atoms with Crippen LogP contribution in [0.5, 0.6) is 0 Å². The summed E-state index contributed by atoms with van der Waals surface area (Å²) in [6.07, 6.45) is 1.69. The van der Waals surface area contributed by atoms with Gasteiger partial charge in [-0.05, 0) is 25.9 Å². The van der Waals surface area contributed by atoms with E-state index in [2.05, 4.69) is 24.1 Å². The van der Waals surface area contributed by atoms with Gasteiger partial charge in [-0.2, -0.15) is 0 Å². The fraction of sp³-hybridized carbons (Fsp3) is 0.923. The largest absolute Gasteiger partial charge is 0.468 e. The number of esters is 1. The first-order valence-corrected chi connectivity index (χ1v) is 6.82. The highest BCUT2D eigenvalue weighted by Gasteiger charge is 2.41. The van der Waals surface area contributed by atoms with Gasteiger partial charge in [-0.25, -0.2) is 4.79 Å². The zero-order chi connectivity index (χ0) is 13.4. The summed E-state index contributed by atoms with van der Waals surface area (Å²) in [7, 11) is 1.44. The van der Waals surface area contributed by atoms with E-state index < -0.39 is 5.54 Å². The summed E-state index contributed by atoms with van der Waals surface area (Å²) in [5.41, 5.74) is -0.639. The van der Waals surface area contributed by atoms with Crippen molar-refractivity contribution < 1.29 is 14.3 Å². The summed E-state index contributed by atoms with van der Waals surface area (Å²) < 4.78 is 10.3. The number of hydrogen-bond donors (Lipinski definition) is 1. The van der Waals surface area contributed by atoms with Crippen molar-refractivity contribution >= 4 is 5.97 Å². The molecule has 1 fully saturated rings. The fourth-order valence-electron chi connectivity index (χ4n) is 2.36. The van der Waals surface area contributed by atoms with Crippen LogP contribution in [0.3, 0.4) is 0 Å². The maximum atomic E-state index is 11.9. The molecule has 0 aromatic rings. The summed E-state index contributed by atoms with van der Waals surface area (Å²) in [4.78, 5) is 14.2. The Bertz CT molecular complexity index is 249. The van der Waals surface area contributed by atoms with Gasteiger partial charge in [-0.1, -0.05) is 13.8 Å². The highest BCUT2D eigenvalue weighted by molar-refractivity contribution is 5.81. The van der Waals surface area contributed by atoms with Crippen molar-refractivity contribution in [1.29, 1.82) is 0 Å². The normalized spacial score (nSPS) is 24.2. The van der Waals surface area contributed by atoms with Crippen molar-refractivity contribution in [3.63, 3.8) is 0 Å². The standard InChI is InChI=1S/C13H26N2O3/c1-4-15(5-2)9-8-14-13(12(16)17-3)7-6-10-18-11-13/h14H,4-11H2,1-3H3. The SMILES string of the molecule is CCN(CC)CCNC1(C(=O)OC)CCCOC1. The molecule has 0 aromatic heterocycles. The summed E-state index contributed by atoms with van der Waals surface area (Å²) >= 11 is 0. The first-order chi connectivity index (χ1) is 8.68. The molecule has 1 heterocycles. The molecular weight excluding hydrogens is 232 g/mol. The van der Waals surface area contributed by atoms with Crippen molar-refractivity contribution in [3.05, 3.63) is 0 Å². The van der Waals surface area contributed by atoms with E-state index in [9.17, 15) is 4.79 Å².